The van der Waals surface area contributed by atoms with Gasteiger partial charge in [0.2, 0.25) is 0 Å². The number of rotatable bonds is 2. The molecule has 0 aliphatic heterocycles. The second-order valence-electron chi connectivity index (χ2n) is 2.06. The zero-order chi connectivity index (χ0) is 9.14. The minimum absolute atomic E-state index is 0.0548. The Balaban J connectivity index is 3.10. The molecular weight excluding hydrogens is 228 g/mol. The molecule has 5 nitrogen and oxygen atoms in total. The first-order chi connectivity index (χ1) is 5.65. The number of halogens is 1. The molecule has 0 fully saturated rings. The summed E-state index contributed by atoms with van der Waals surface area (Å²) in [6.07, 6.45) is 0. The number of hydrogen-bond acceptors (Lipinski definition) is 4. The Morgan fingerprint density at radius 2 is 2.25 bits per heavy atom. The number of nitro groups is 1. The summed E-state index contributed by atoms with van der Waals surface area (Å²) in [5.74, 6) is 0.362. The number of nitrogen functional groups attached to an aromatic ring is 1. The number of non-ortho nitro benzene ring substituents is 1. The molecule has 0 unspecified atom stereocenters. The summed E-state index contributed by atoms with van der Waals surface area (Å²) >= 11 is 2.72. The molecule has 64 valence electrons. The van der Waals surface area contributed by atoms with Gasteiger partial charge in [0.05, 0.1) is 10.6 Å². The number of benzene rings is 1. The molecule has 0 bridgehead atoms. The summed E-state index contributed by atoms with van der Waals surface area (Å²) in [5, 5.41) is 10.3. The van der Waals surface area contributed by atoms with Crippen molar-refractivity contribution < 1.29 is 8.75 Å². The van der Waals surface area contributed by atoms with Gasteiger partial charge in [-0.15, -0.1) is 0 Å². The summed E-state index contributed by atoms with van der Waals surface area (Å²) in [7, 11) is 0. The molecule has 0 aliphatic rings. The van der Waals surface area contributed by atoms with Gasteiger partial charge in [-0.05, 0) is 6.07 Å². The number of nitrogens with zero attached hydrogens (tertiary/aromatic N) is 1. The maximum Gasteiger partial charge on any atom is 0.271 e. The van der Waals surface area contributed by atoms with E-state index in [9.17, 15) is 10.1 Å². The van der Waals surface area contributed by atoms with Gasteiger partial charge in [-0.25, -0.2) is 0 Å². The summed E-state index contributed by atoms with van der Waals surface area (Å²) in [5.41, 5.74) is 5.58. The number of anilines is 1. The monoisotopic (exact) mass is 232 g/mol. The second-order valence-corrected chi connectivity index (χ2v) is 2.38. The first kappa shape index (κ1) is 8.79. The summed E-state index contributed by atoms with van der Waals surface area (Å²) in [6.45, 7) is 0. The quantitative estimate of drug-likeness (QED) is 0.480. The summed E-state index contributed by atoms with van der Waals surface area (Å²) in [6, 6.07) is 3.96. The highest BCUT2D eigenvalue weighted by molar-refractivity contribution is 9.06. The molecule has 12 heavy (non-hydrogen) atoms. The molecule has 2 N–H and O–H groups in total. The molecule has 0 atom stereocenters. The van der Waals surface area contributed by atoms with E-state index in [4.69, 9.17) is 5.73 Å². The van der Waals surface area contributed by atoms with Crippen LogP contribution in [0.1, 0.15) is 0 Å². The minimum atomic E-state index is -0.519. The van der Waals surface area contributed by atoms with E-state index in [0.717, 1.165) is 0 Å². The Kier molecular flexibility index (Phi) is 2.49. The Labute approximate surface area is 76.7 Å². The van der Waals surface area contributed by atoms with Crippen molar-refractivity contribution in [2.75, 3.05) is 5.73 Å². The highest BCUT2D eigenvalue weighted by Crippen LogP contribution is 2.27. The first-order valence-corrected chi connectivity index (χ1v) is 3.62. The number of nitrogens with two attached hydrogens (primary N) is 1. The van der Waals surface area contributed by atoms with Crippen LogP contribution in [0.15, 0.2) is 18.2 Å². The molecule has 0 aromatic heterocycles. The van der Waals surface area contributed by atoms with E-state index in [-0.39, 0.29) is 11.4 Å². The minimum Gasteiger partial charge on any atom is -0.416 e. The lowest BCUT2D eigenvalue weighted by atomic mass is 10.2. The van der Waals surface area contributed by atoms with Gasteiger partial charge in [0.25, 0.3) is 5.69 Å². The summed E-state index contributed by atoms with van der Waals surface area (Å²) in [4.78, 5) is 9.73. The largest absolute Gasteiger partial charge is 0.416 e. The van der Waals surface area contributed by atoms with Crippen LogP contribution in [-0.4, -0.2) is 4.92 Å². The van der Waals surface area contributed by atoms with Crippen molar-refractivity contribution in [1.29, 1.82) is 0 Å². The van der Waals surface area contributed by atoms with Crippen molar-refractivity contribution in [2.45, 2.75) is 0 Å². The van der Waals surface area contributed by atoms with Gasteiger partial charge in [0.1, 0.15) is 0 Å². The van der Waals surface area contributed by atoms with Gasteiger partial charge in [-0.1, -0.05) is 0 Å². The molecule has 0 heterocycles. The number of nitro benzene ring substituents is 1. The predicted molar refractivity (Wildman–Crippen MR) is 47.1 cm³/mol. The first-order valence-electron chi connectivity index (χ1n) is 2.97. The van der Waals surface area contributed by atoms with Crippen molar-refractivity contribution in [2.24, 2.45) is 0 Å². The van der Waals surface area contributed by atoms with Gasteiger partial charge in [0, 0.05) is 12.1 Å². The van der Waals surface area contributed by atoms with Gasteiger partial charge in [-0.3, -0.25) is 10.1 Å². The average molecular weight is 233 g/mol. The fourth-order valence-electron chi connectivity index (χ4n) is 0.720. The normalized spacial score (nSPS) is 9.42. The third kappa shape index (κ3) is 1.65. The van der Waals surface area contributed by atoms with Crippen LogP contribution in [0.4, 0.5) is 11.4 Å². The molecule has 0 spiro atoms. The second kappa shape index (κ2) is 3.40. The zero-order valence-corrected chi connectivity index (χ0v) is 7.45. The summed E-state index contributed by atoms with van der Waals surface area (Å²) < 4.78 is 4.64. The van der Waals surface area contributed by atoms with Crippen molar-refractivity contribution in [3.63, 3.8) is 0 Å². The molecule has 6 heteroatoms. The lowest BCUT2D eigenvalue weighted by Gasteiger charge is -1.99. The van der Waals surface area contributed by atoms with Crippen molar-refractivity contribution in [1.82, 2.24) is 0 Å². The molecular formula is C6H5BrN2O3. The Morgan fingerprint density at radius 1 is 1.58 bits per heavy atom. The van der Waals surface area contributed by atoms with Crippen LogP contribution in [-0.2, 0) is 0 Å². The highest BCUT2D eigenvalue weighted by atomic mass is 79.9. The lowest BCUT2D eigenvalue weighted by Crippen LogP contribution is -1.92. The lowest BCUT2D eigenvalue weighted by molar-refractivity contribution is -0.384. The smallest absolute Gasteiger partial charge is 0.271 e. The molecule has 0 aliphatic carbocycles. The molecule has 0 radical (unpaired) electrons. The van der Waals surface area contributed by atoms with Crippen LogP contribution in [0.25, 0.3) is 0 Å². The van der Waals surface area contributed by atoms with Crippen LogP contribution in [0.2, 0.25) is 0 Å². The topological polar surface area (TPSA) is 78.4 Å². The van der Waals surface area contributed by atoms with Crippen LogP contribution in [0.3, 0.4) is 0 Å². The van der Waals surface area contributed by atoms with Crippen molar-refractivity contribution in [3.8, 4) is 5.75 Å². The molecule has 1 aromatic rings. The van der Waals surface area contributed by atoms with E-state index < -0.39 is 4.92 Å². The third-order valence-corrected chi connectivity index (χ3v) is 1.64. The van der Waals surface area contributed by atoms with Gasteiger partial charge >= 0.3 is 0 Å². The van der Waals surface area contributed by atoms with E-state index >= 15 is 0 Å². The third-order valence-electron chi connectivity index (χ3n) is 1.29. The highest BCUT2D eigenvalue weighted by Gasteiger charge is 2.08. The SMILES string of the molecule is Nc1cc([N+](=O)[O-])ccc1OBr. The molecule has 0 saturated heterocycles. The molecule has 0 amide bonds. The van der Waals surface area contributed by atoms with Crippen LogP contribution < -0.4 is 9.56 Å². The van der Waals surface area contributed by atoms with E-state index in [1.54, 1.807) is 0 Å². The Bertz CT molecular complexity index is 316. The van der Waals surface area contributed by atoms with Crippen molar-refractivity contribution >= 4 is 27.6 Å². The molecule has 0 saturated carbocycles. The fraction of sp³-hybridized carbons (Fsp3) is 0. The maximum atomic E-state index is 10.3. The van der Waals surface area contributed by atoms with Crippen LogP contribution in [0.5, 0.6) is 5.75 Å². The molecule has 1 rings (SSSR count). The Hall–Kier alpha value is -1.30. The van der Waals surface area contributed by atoms with Gasteiger partial charge in [0.15, 0.2) is 22.0 Å². The van der Waals surface area contributed by atoms with Crippen LogP contribution >= 0.6 is 16.3 Å². The van der Waals surface area contributed by atoms with E-state index in [0.29, 0.717) is 5.75 Å². The van der Waals surface area contributed by atoms with Crippen molar-refractivity contribution in [3.05, 3.63) is 28.3 Å². The van der Waals surface area contributed by atoms with Gasteiger partial charge < -0.3 is 9.56 Å². The van der Waals surface area contributed by atoms with E-state index in [2.05, 4.69) is 20.1 Å². The molecule has 1 aromatic carbocycles. The Morgan fingerprint density at radius 3 is 2.67 bits per heavy atom. The maximum absolute atomic E-state index is 10.3. The average Bonchev–Trinajstić information content (AvgIpc) is 2.04. The predicted octanol–water partition coefficient (Wildman–Crippen LogP) is 1.87. The van der Waals surface area contributed by atoms with E-state index in [1.807, 2.05) is 0 Å². The standard InChI is InChI=1S/C6H5BrN2O3/c7-12-6-2-1-4(9(10)11)3-5(6)8/h1-3H,8H2. The van der Waals surface area contributed by atoms with Gasteiger partial charge in [-0.2, -0.15) is 0 Å². The fourth-order valence-corrected chi connectivity index (χ4v) is 1.01. The number of hydrogen-bond donors (Lipinski definition) is 1. The van der Waals surface area contributed by atoms with Crippen LogP contribution in [0, 0.1) is 10.1 Å². The van der Waals surface area contributed by atoms with E-state index in [1.165, 1.54) is 18.2 Å². The zero-order valence-electron chi connectivity index (χ0n) is 5.86.